The number of imidazole rings is 1. The maximum absolute atomic E-state index is 12.3. The van der Waals surface area contributed by atoms with Gasteiger partial charge in [0.2, 0.25) is 0 Å². The average Bonchev–Trinajstić information content (AvgIpc) is 2.72. The van der Waals surface area contributed by atoms with E-state index in [0.29, 0.717) is 16.3 Å². The minimum Gasteiger partial charge on any atom is -0.322 e. The Hall–Kier alpha value is -2.53. The molecule has 0 unspecified atom stereocenters. The Kier molecular flexibility index (Phi) is 3.50. The third-order valence-corrected chi connectivity index (χ3v) is 3.98. The molecule has 0 aliphatic heterocycles. The fourth-order valence-corrected chi connectivity index (χ4v) is 2.65. The number of benzene rings is 2. The Balaban J connectivity index is 1.98. The van der Waals surface area contributed by atoms with Gasteiger partial charge >= 0.3 is 5.69 Å². The normalized spacial score (nSPS) is 10.9. The van der Waals surface area contributed by atoms with Gasteiger partial charge in [-0.15, -0.1) is 0 Å². The van der Waals surface area contributed by atoms with Crippen molar-refractivity contribution in [3.05, 3.63) is 63.5 Å². The summed E-state index contributed by atoms with van der Waals surface area (Å²) in [5.74, 6) is -0.286. The zero-order valence-electron chi connectivity index (χ0n) is 12.1. The van der Waals surface area contributed by atoms with Gasteiger partial charge in [0.1, 0.15) is 0 Å². The summed E-state index contributed by atoms with van der Waals surface area (Å²) >= 11 is 6.02. The van der Waals surface area contributed by atoms with Gasteiger partial charge < -0.3 is 5.32 Å². The molecule has 2 aromatic carbocycles. The van der Waals surface area contributed by atoms with Crippen LogP contribution >= 0.6 is 11.6 Å². The van der Waals surface area contributed by atoms with Crippen molar-refractivity contribution in [1.82, 2.24) is 9.13 Å². The Morgan fingerprint density at radius 1 is 1.05 bits per heavy atom. The van der Waals surface area contributed by atoms with Crippen molar-refractivity contribution in [1.29, 1.82) is 0 Å². The van der Waals surface area contributed by atoms with Gasteiger partial charge in [-0.3, -0.25) is 13.9 Å². The van der Waals surface area contributed by atoms with E-state index in [9.17, 15) is 9.59 Å². The van der Waals surface area contributed by atoms with Gasteiger partial charge in [-0.05, 0) is 30.3 Å². The second kappa shape index (κ2) is 5.35. The molecule has 0 radical (unpaired) electrons. The smallest absolute Gasteiger partial charge is 0.322 e. The van der Waals surface area contributed by atoms with E-state index >= 15 is 0 Å². The fourth-order valence-electron chi connectivity index (χ4n) is 2.43. The molecule has 0 aliphatic rings. The molecule has 1 amide bonds. The van der Waals surface area contributed by atoms with Gasteiger partial charge in [0.15, 0.2) is 0 Å². The van der Waals surface area contributed by atoms with Crippen LogP contribution in [0.1, 0.15) is 10.4 Å². The molecule has 0 atom stereocenters. The van der Waals surface area contributed by atoms with Crippen LogP contribution < -0.4 is 11.0 Å². The summed E-state index contributed by atoms with van der Waals surface area (Å²) in [4.78, 5) is 24.2. The molecule has 3 aromatic rings. The zero-order valence-corrected chi connectivity index (χ0v) is 12.9. The second-order valence-corrected chi connectivity index (χ2v) is 5.45. The highest BCUT2D eigenvalue weighted by molar-refractivity contribution is 6.34. The van der Waals surface area contributed by atoms with Crippen molar-refractivity contribution in [3.8, 4) is 0 Å². The minimum absolute atomic E-state index is 0.107. The number of carbonyl (C=O) groups is 1. The van der Waals surface area contributed by atoms with E-state index in [2.05, 4.69) is 5.32 Å². The maximum atomic E-state index is 12.3. The number of carbonyl (C=O) groups excluding carboxylic acids is 1. The maximum Gasteiger partial charge on any atom is 0.328 e. The number of hydrogen-bond acceptors (Lipinski definition) is 2. The van der Waals surface area contributed by atoms with Gasteiger partial charge in [-0.25, -0.2) is 4.79 Å². The van der Waals surface area contributed by atoms with E-state index in [1.807, 2.05) is 0 Å². The highest BCUT2D eigenvalue weighted by atomic mass is 35.5. The van der Waals surface area contributed by atoms with Crippen LogP contribution in [0.4, 0.5) is 5.69 Å². The van der Waals surface area contributed by atoms with Crippen molar-refractivity contribution >= 4 is 34.2 Å². The summed E-state index contributed by atoms with van der Waals surface area (Å²) in [6.07, 6.45) is 0. The van der Waals surface area contributed by atoms with Gasteiger partial charge in [0, 0.05) is 19.8 Å². The first-order valence-electron chi connectivity index (χ1n) is 6.70. The molecule has 3 rings (SSSR count). The van der Waals surface area contributed by atoms with Crippen molar-refractivity contribution < 1.29 is 4.79 Å². The van der Waals surface area contributed by atoms with Crippen molar-refractivity contribution in [3.63, 3.8) is 0 Å². The van der Waals surface area contributed by atoms with E-state index in [1.54, 1.807) is 65.7 Å². The first kappa shape index (κ1) is 14.4. The second-order valence-electron chi connectivity index (χ2n) is 5.04. The molecular formula is C16H14ClN3O2. The summed E-state index contributed by atoms with van der Waals surface area (Å²) in [7, 11) is 3.41. The summed E-state index contributed by atoms with van der Waals surface area (Å²) < 4.78 is 3.11. The Morgan fingerprint density at radius 2 is 1.73 bits per heavy atom. The van der Waals surface area contributed by atoms with Crippen molar-refractivity contribution in [2.45, 2.75) is 0 Å². The van der Waals surface area contributed by atoms with E-state index in [1.165, 1.54) is 0 Å². The lowest BCUT2D eigenvalue weighted by Gasteiger charge is -2.07. The zero-order chi connectivity index (χ0) is 15.9. The Labute approximate surface area is 131 Å². The van der Waals surface area contributed by atoms with Crippen LogP contribution in [0.5, 0.6) is 0 Å². The molecule has 0 saturated carbocycles. The van der Waals surface area contributed by atoms with Crippen LogP contribution in [0, 0.1) is 0 Å². The van der Waals surface area contributed by atoms with E-state index in [-0.39, 0.29) is 11.6 Å². The number of anilines is 1. The molecule has 22 heavy (non-hydrogen) atoms. The van der Waals surface area contributed by atoms with Crippen LogP contribution in [0.25, 0.3) is 11.0 Å². The lowest BCUT2D eigenvalue weighted by Crippen LogP contribution is -2.19. The molecule has 0 fully saturated rings. The number of halogens is 1. The molecule has 1 heterocycles. The summed E-state index contributed by atoms with van der Waals surface area (Å²) in [6, 6.07) is 12.2. The molecule has 5 nitrogen and oxygen atoms in total. The molecule has 6 heteroatoms. The SMILES string of the molecule is Cn1c(=O)n(C)c2cc(NC(=O)c3ccccc3Cl)ccc21. The molecule has 0 bridgehead atoms. The van der Waals surface area contributed by atoms with Gasteiger partial charge in [-0.2, -0.15) is 0 Å². The van der Waals surface area contributed by atoms with Crippen LogP contribution in [0.15, 0.2) is 47.3 Å². The molecule has 0 spiro atoms. The number of nitrogens with zero attached hydrogens (tertiary/aromatic N) is 2. The number of fused-ring (bicyclic) bond motifs is 1. The largest absolute Gasteiger partial charge is 0.328 e. The first-order valence-corrected chi connectivity index (χ1v) is 7.08. The minimum atomic E-state index is -0.286. The topological polar surface area (TPSA) is 56.0 Å². The van der Waals surface area contributed by atoms with E-state index in [4.69, 9.17) is 11.6 Å². The van der Waals surface area contributed by atoms with Crippen LogP contribution in [-0.2, 0) is 14.1 Å². The lowest BCUT2D eigenvalue weighted by atomic mass is 10.2. The van der Waals surface area contributed by atoms with Gasteiger partial charge in [0.05, 0.1) is 21.6 Å². The number of nitrogens with one attached hydrogen (secondary N) is 1. The Bertz CT molecular complexity index is 940. The Morgan fingerprint density at radius 3 is 2.45 bits per heavy atom. The number of aryl methyl sites for hydroxylation is 2. The predicted molar refractivity (Wildman–Crippen MR) is 87.6 cm³/mol. The highest BCUT2D eigenvalue weighted by Crippen LogP contribution is 2.20. The third kappa shape index (κ3) is 2.29. The quantitative estimate of drug-likeness (QED) is 0.790. The fraction of sp³-hybridized carbons (Fsp3) is 0.125. The summed E-state index contributed by atoms with van der Waals surface area (Å²) in [5, 5.41) is 3.20. The van der Waals surface area contributed by atoms with Crippen molar-refractivity contribution in [2.24, 2.45) is 14.1 Å². The monoisotopic (exact) mass is 315 g/mol. The third-order valence-electron chi connectivity index (χ3n) is 3.65. The highest BCUT2D eigenvalue weighted by Gasteiger charge is 2.12. The lowest BCUT2D eigenvalue weighted by molar-refractivity contribution is 0.102. The predicted octanol–water partition coefficient (Wildman–Crippen LogP) is 2.78. The van der Waals surface area contributed by atoms with E-state index < -0.39 is 0 Å². The van der Waals surface area contributed by atoms with Crippen LogP contribution in [0.2, 0.25) is 5.02 Å². The first-order chi connectivity index (χ1) is 10.5. The number of hydrogen-bond donors (Lipinski definition) is 1. The summed E-state index contributed by atoms with van der Waals surface area (Å²) in [5.41, 5.74) is 2.47. The molecule has 0 aliphatic carbocycles. The van der Waals surface area contributed by atoms with Gasteiger partial charge in [-0.1, -0.05) is 23.7 Å². The number of rotatable bonds is 2. The van der Waals surface area contributed by atoms with Crippen LogP contribution in [0.3, 0.4) is 0 Å². The number of aromatic nitrogens is 2. The van der Waals surface area contributed by atoms with Crippen molar-refractivity contribution in [2.75, 3.05) is 5.32 Å². The summed E-state index contributed by atoms with van der Waals surface area (Å²) in [6.45, 7) is 0. The van der Waals surface area contributed by atoms with Gasteiger partial charge in [0.25, 0.3) is 5.91 Å². The molecule has 1 aromatic heterocycles. The standard InChI is InChI=1S/C16H14ClN3O2/c1-19-13-8-7-10(9-14(13)20(2)16(19)22)18-15(21)11-5-3-4-6-12(11)17/h3-9H,1-2H3,(H,18,21). The van der Waals surface area contributed by atoms with E-state index in [0.717, 1.165) is 11.0 Å². The van der Waals surface area contributed by atoms with Crippen LogP contribution in [-0.4, -0.2) is 15.0 Å². The molecule has 1 N–H and O–H groups in total. The molecule has 112 valence electrons. The molecular weight excluding hydrogens is 302 g/mol. The number of amides is 1. The average molecular weight is 316 g/mol. The molecule has 0 saturated heterocycles.